The fraction of sp³-hybridized carbons (Fsp3) is 0.562. The van der Waals surface area contributed by atoms with Gasteiger partial charge in [-0.05, 0) is 37.1 Å². The minimum atomic E-state index is 0.208. The molecule has 0 spiro atoms. The van der Waals surface area contributed by atoms with Crippen LogP contribution in [0.5, 0.6) is 5.75 Å². The second-order valence-electron chi connectivity index (χ2n) is 5.53. The van der Waals surface area contributed by atoms with Gasteiger partial charge in [0.05, 0.1) is 13.5 Å². The minimum Gasteiger partial charge on any atom is -0.497 e. The summed E-state index contributed by atoms with van der Waals surface area (Å²) in [7, 11) is 3.64. The van der Waals surface area contributed by atoms with E-state index in [2.05, 4.69) is 12.2 Å². The van der Waals surface area contributed by atoms with Crippen molar-refractivity contribution in [2.75, 3.05) is 27.2 Å². The molecule has 2 unspecified atom stereocenters. The lowest BCUT2D eigenvalue weighted by Crippen LogP contribution is -2.49. The number of nitrogens with one attached hydrogen (secondary N) is 1. The predicted molar refractivity (Wildman–Crippen MR) is 79.9 cm³/mol. The first-order chi connectivity index (χ1) is 9.63. The molecule has 20 heavy (non-hydrogen) atoms. The number of likely N-dealkylation sites (tertiary alicyclic amines) is 1. The summed E-state index contributed by atoms with van der Waals surface area (Å²) in [5.74, 6) is 1.51. The third-order valence-electron chi connectivity index (χ3n) is 4.12. The molecule has 4 nitrogen and oxygen atoms in total. The van der Waals surface area contributed by atoms with Crippen LogP contribution in [0.15, 0.2) is 24.3 Å². The van der Waals surface area contributed by atoms with Crippen LogP contribution in [0.3, 0.4) is 0 Å². The number of methoxy groups -OCH3 is 1. The summed E-state index contributed by atoms with van der Waals surface area (Å²) < 4.78 is 5.19. The zero-order chi connectivity index (χ0) is 14.5. The summed E-state index contributed by atoms with van der Waals surface area (Å²) >= 11 is 0. The maximum Gasteiger partial charge on any atom is 0.227 e. The highest BCUT2D eigenvalue weighted by Crippen LogP contribution is 2.19. The third kappa shape index (κ3) is 3.51. The molecule has 1 aromatic carbocycles. The number of carbonyl (C=O) groups is 1. The van der Waals surface area contributed by atoms with Crippen LogP contribution in [0.4, 0.5) is 0 Å². The summed E-state index contributed by atoms with van der Waals surface area (Å²) in [6.07, 6.45) is 1.48. The number of benzene rings is 1. The van der Waals surface area contributed by atoms with Crippen molar-refractivity contribution in [2.45, 2.75) is 25.8 Å². The lowest BCUT2D eigenvalue weighted by molar-refractivity contribution is -0.132. The van der Waals surface area contributed by atoms with Crippen molar-refractivity contribution in [2.24, 2.45) is 5.92 Å². The Labute approximate surface area is 121 Å². The van der Waals surface area contributed by atoms with Gasteiger partial charge in [-0.25, -0.2) is 0 Å². The normalized spacial score (nSPS) is 22.6. The first-order valence-electron chi connectivity index (χ1n) is 7.22. The number of ether oxygens (including phenoxy) is 1. The molecule has 1 amide bonds. The van der Waals surface area contributed by atoms with Crippen LogP contribution in [0.1, 0.15) is 18.9 Å². The van der Waals surface area contributed by atoms with E-state index in [1.165, 1.54) is 0 Å². The molecule has 1 aliphatic rings. The number of hydrogen-bond donors (Lipinski definition) is 1. The number of nitrogens with zero attached hydrogens (tertiary/aromatic N) is 1. The Morgan fingerprint density at radius 1 is 1.50 bits per heavy atom. The fourth-order valence-electron chi connectivity index (χ4n) is 2.87. The van der Waals surface area contributed by atoms with Crippen molar-refractivity contribution in [3.8, 4) is 5.75 Å². The van der Waals surface area contributed by atoms with E-state index in [0.717, 1.165) is 30.8 Å². The maximum atomic E-state index is 12.4. The molecule has 1 aromatic rings. The van der Waals surface area contributed by atoms with E-state index in [1.807, 2.05) is 36.2 Å². The van der Waals surface area contributed by atoms with Gasteiger partial charge in [-0.15, -0.1) is 0 Å². The fourth-order valence-corrected chi connectivity index (χ4v) is 2.87. The average molecular weight is 276 g/mol. The molecular weight excluding hydrogens is 252 g/mol. The summed E-state index contributed by atoms with van der Waals surface area (Å²) in [4.78, 5) is 14.4. The number of hydrogen-bond acceptors (Lipinski definition) is 3. The molecule has 4 heteroatoms. The van der Waals surface area contributed by atoms with Crippen molar-refractivity contribution < 1.29 is 9.53 Å². The lowest BCUT2D eigenvalue weighted by atomic mass is 9.93. The maximum absolute atomic E-state index is 12.4. The molecule has 1 saturated heterocycles. The van der Waals surface area contributed by atoms with Gasteiger partial charge in [-0.1, -0.05) is 19.1 Å². The highest BCUT2D eigenvalue weighted by atomic mass is 16.5. The van der Waals surface area contributed by atoms with Gasteiger partial charge >= 0.3 is 0 Å². The van der Waals surface area contributed by atoms with Gasteiger partial charge in [0.2, 0.25) is 5.91 Å². The molecule has 2 atom stereocenters. The van der Waals surface area contributed by atoms with E-state index in [0.29, 0.717) is 18.4 Å². The summed E-state index contributed by atoms with van der Waals surface area (Å²) in [5, 5.41) is 3.32. The number of carbonyl (C=O) groups excluding carboxylic acids is 1. The van der Waals surface area contributed by atoms with Gasteiger partial charge in [-0.2, -0.15) is 0 Å². The van der Waals surface area contributed by atoms with Crippen LogP contribution in [-0.2, 0) is 11.2 Å². The Morgan fingerprint density at radius 2 is 2.30 bits per heavy atom. The van der Waals surface area contributed by atoms with E-state index in [1.54, 1.807) is 7.11 Å². The third-order valence-corrected chi connectivity index (χ3v) is 4.12. The zero-order valence-electron chi connectivity index (χ0n) is 12.6. The van der Waals surface area contributed by atoms with Gasteiger partial charge in [0.15, 0.2) is 0 Å². The molecule has 0 radical (unpaired) electrons. The Bertz CT molecular complexity index is 462. The molecule has 110 valence electrons. The van der Waals surface area contributed by atoms with E-state index >= 15 is 0 Å². The average Bonchev–Trinajstić information content (AvgIpc) is 2.47. The van der Waals surface area contributed by atoms with E-state index in [4.69, 9.17) is 4.74 Å². The first-order valence-corrected chi connectivity index (χ1v) is 7.22. The van der Waals surface area contributed by atoms with Gasteiger partial charge in [0, 0.05) is 19.1 Å². The van der Waals surface area contributed by atoms with Gasteiger partial charge in [0.25, 0.3) is 0 Å². The number of piperidine rings is 1. The SMILES string of the molecule is CNC1CCN(C(=O)Cc2cccc(OC)c2)CC1C. The van der Waals surface area contributed by atoms with Crippen LogP contribution < -0.4 is 10.1 Å². The van der Waals surface area contributed by atoms with Gasteiger partial charge in [0.1, 0.15) is 5.75 Å². The molecule has 0 aromatic heterocycles. The quantitative estimate of drug-likeness (QED) is 0.910. The zero-order valence-corrected chi connectivity index (χ0v) is 12.6. The molecule has 1 fully saturated rings. The molecule has 0 bridgehead atoms. The lowest BCUT2D eigenvalue weighted by Gasteiger charge is -2.36. The van der Waals surface area contributed by atoms with Crippen LogP contribution in [0, 0.1) is 5.92 Å². The summed E-state index contributed by atoms with van der Waals surface area (Å²) in [6.45, 7) is 3.89. The molecule has 1 aliphatic heterocycles. The Balaban J connectivity index is 1.95. The van der Waals surface area contributed by atoms with Crippen LogP contribution in [0.25, 0.3) is 0 Å². The summed E-state index contributed by atoms with van der Waals surface area (Å²) in [5.41, 5.74) is 1.01. The standard InChI is InChI=1S/C16H24N2O2/c1-12-11-18(8-7-15(12)17-2)16(19)10-13-5-4-6-14(9-13)20-3/h4-6,9,12,15,17H,7-8,10-11H2,1-3H3. The molecule has 2 rings (SSSR count). The number of rotatable bonds is 4. The molecule has 1 N–H and O–H groups in total. The highest BCUT2D eigenvalue weighted by Gasteiger charge is 2.27. The largest absolute Gasteiger partial charge is 0.497 e. The molecule has 0 saturated carbocycles. The smallest absolute Gasteiger partial charge is 0.227 e. The van der Waals surface area contributed by atoms with E-state index < -0.39 is 0 Å². The summed E-state index contributed by atoms with van der Waals surface area (Å²) in [6, 6.07) is 8.26. The van der Waals surface area contributed by atoms with Gasteiger partial charge < -0.3 is 15.0 Å². The van der Waals surface area contributed by atoms with Crippen molar-refractivity contribution in [1.29, 1.82) is 0 Å². The monoisotopic (exact) mass is 276 g/mol. The van der Waals surface area contributed by atoms with Crippen molar-refractivity contribution in [3.05, 3.63) is 29.8 Å². The molecular formula is C16H24N2O2. The van der Waals surface area contributed by atoms with Crippen molar-refractivity contribution in [1.82, 2.24) is 10.2 Å². The highest BCUT2D eigenvalue weighted by molar-refractivity contribution is 5.79. The van der Waals surface area contributed by atoms with E-state index in [-0.39, 0.29) is 5.91 Å². The van der Waals surface area contributed by atoms with Gasteiger partial charge in [-0.3, -0.25) is 4.79 Å². The second-order valence-corrected chi connectivity index (χ2v) is 5.53. The first kappa shape index (κ1) is 14.9. The van der Waals surface area contributed by atoms with E-state index in [9.17, 15) is 4.79 Å². The molecule has 0 aliphatic carbocycles. The van der Waals surface area contributed by atoms with Crippen LogP contribution >= 0.6 is 0 Å². The Hall–Kier alpha value is -1.55. The Morgan fingerprint density at radius 3 is 2.95 bits per heavy atom. The van der Waals surface area contributed by atoms with Crippen molar-refractivity contribution in [3.63, 3.8) is 0 Å². The van der Waals surface area contributed by atoms with Crippen LogP contribution in [-0.4, -0.2) is 44.1 Å². The van der Waals surface area contributed by atoms with Crippen molar-refractivity contribution >= 4 is 5.91 Å². The molecule has 1 heterocycles. The second kappa shape index (κ2) is 6.75. The predicted octanol–water partition coefficient (Wildman–Crippen LogP) is 1.69. The van der Waals surface area contributed by atoms with Crippen LogP contribution in [0.2, 0.25) is 0 Å². The minimum absolute atomic E-state index is 0.208. The Kier molecular flexibility index (Phi) is 5.01. The number of amides is 1. The topological polar surface area (TPSA) is 41.6 Å².